The first-order valence-corrected chi connectivity index (χ1v) is 8.71. The van der Waals surface area contributed by atoms with Gasteiger partial charge in [-0.25, -0.2) is 0 Å². The Balaban J connectivity index is 0.00000191. The number of hydrogen-bond acceptors (Lipinski definition) is 1. The molecule has 1 aromatic heterocycles. The molecule has 0 fully saturated rings. The van der Waals surface area contributed by atoms with Crippen molar-refractivity contribution in [3.05, 3.63) is 64.4 Å². The van der Waals surface area contributed by atoms with Gasteiger partial charge in [0.25, 0.3) is 0 Å². The van der Waals surface area contributed by atoms with E-state index in [0.29, 0.717) is 5.92 Å². The molecule has 0 saturated carbocycles. The molecule has 0 aliphatic heterocycles. The molecule has 0 nitrogen and oxygen atoms in total. The fraction of sp³-hybridized carbons (Fsp3) is 0.400. The Hall–Kier alpha value is -1.34. The van der Waals surface area contributed by atoms with Crippen LogP contribution in [0.1, 0.15) is 63.6 Å². The first-order valence-electron chi connectivity index (χ1n) is 7.89. The maximum Gasteiger partial charge on any atom is 0.0342 e. The van der Waals surface area contributed by atoms with E-state index < -0.39 is 0 Å². The molecule has 0 bridgehead atoms. The summed E-state index contributed by atoms with van der Waals surface area (Å²) >= 11 is 1.88. The molecule has 0 aliphatic rings. The highest BCUT2D eigenvalue weighted by molar-refractivity contribution is 7.13. The molecule has 0 aliphatic carbocycles. The lowest BCUT2D eigenvalue weighted by molar-refractivity contribution is 0.890. The molecule has 0 amide bonds. The van der Waals surface area contributed by atoms with Gasteiger partial charge in [0.05, 0.1) is 0 Å². The largest absolute Gasteiger partial charge is 0.140 e. The third-order valence-electron chi connectivity index (χ3n) is 2.90. The van der Waals surface area contributed by atoms with Crippen LogP contribution in [0.3, 0.4) is 0 Å². The fourth-order valence-electron chi connectivity index (χ4n) is 1.72. The van der Waals surface area contributed by atoms with Crippen LogP contribution in [0.15, 0.2) is 54.7 Å². The van der Waals surface area contributed by atoms with Crippen LogP contribution >= 0.6 is 11.3 Å². The molecule has 0 saturated heterocycles. The number of allylic oxidation sites excluding steroid dienone is 7. The molecular weight excluding hydrogens is 272 g/mol. The minimum Gasteiger partial charge on any atom is -0.140 e. The van der Waals surface area contributed by atoms with E-state index in [0.717, 1.165) is 12.0 Å². The predicted molar refractivity (Wildman–Crippen MR) is 101 cm³/mol. The van der Waals surface area contributed by atoms with Crippen molar-refractivity contribution in [1.29, 1.82) is 0 Å². The van der Waals surface area contributed by atoms with E-state index in [4.69, 9.17) is 0 Å². The van der Waals surface area contributed by atoms with E-state index in [1.54, 1.807) is 0 Å². The van der Waals surface area contributed by atoms with Crippen molar-refractivity contribution in [1.82, 2.24) is 0 Å². The van der Waals surface area contributed by atoms with Crippen molar-refractivity contribution in [2.75, 3.05) is 0 Å². The Bertz CT molecular complexity index is 496. The molecule has 1 heteroatoms. The molecule has 1 aromatic rings. The van der Waals surface area contributed by atoms with Gasteiger partial charge in [0.15, 0.2) is 0 Å². The third-order valence-corrected chi connectivity index (χ3v) is 4.33. The summed E-state index contributed by atoms with van der Waals surface area (Å²) in [5.74, 6) is 0.597. The van der Waals surface area contributed by atoms with Crippen LogP contribution in [0.2, 0.25) is 0 Å². The second kappa shape index (κ2) is 11.3. The maximum absolute atomic E-state index is 3.89. The normalized spacial score (nSPS) is 12.5. The van der Waals surface area contributed by atoms with Crippen LogP contribution in [0.25, 0.3) is 5.57 Å². The summed E-state index contributed by atoms with van der Waals surface area (Å²) < 4.78 is 0. The fourth-order valence-corrected chi connectivity index (χ4v) is 2.78. The van der Waals surface area contributed by atoms with Crippen LogP contribution in [-0.4, -0.2) is 0 Å². The number of thiophene rings is 1. The lowest BCUT2D eigenvalue weighted by Gasteiger charge is -2.01. The van der Waals surface area contributed by atoms with Crippen molar-refractivity contribution in [2.24, 2.45) is 0 Å². The van der Waals surface area contributed by atoms with E-state index in [2.05, 4.69) is 70.7 Å². The summed E-state index contributed by atoms with van der Waals surface area (Å²) in [5, 5.41) is 0. The third kappa shape index (κ3) is 6.77. The van der Waals surface area contributed by atoms with Gasteiger partial charge in [-0.05, 0) is 48.6 Å². The van der Waals surface area contributed by atoms with Crippen LogP contribution in [0.5, 0.6) is 0 Å². The molecule has 1 heterocycles. The van der Waals surface area contributed by atoms with E-state index in [-0.39, 0.29) is 0 Å². The summed E-state index contributed by atoms with van der Waals surface area (Å²) in [6.07, 6.45) is 11.6. The highest BCUT2D eigenvalue weighted by Crippen LogP contribution is 2.30. The average molecular weight is 303 g/mol. The van der Waals surface area contributed by atoms with Crippen LogP contribution in [0, 0.1) is 0 Å². The first kappa shape index (κ1) is 19.7. The van der Waals surface area contributed by atoms with Crippen molar-refractivity contribution < 1.29 is 0 Å². The Labute approximate surface area is 135 Å². The number of hydrogen-bond donors (Lipinski definition) is 0. The Morgan fingerprint density at radius 1 is 1.29 bits per heavy atom. The zero-order valence-corrected chi connectivity index (χ0v) is 15.3. The van der Waals surface area contributed by atoms with Crippen molar-refractivity contribution in [3.8, 4) is 0 Å². The highest BCUT2D eigenvalue weighted by atomic mass is 32.1. The lowest BCUT2D eigenvalue weighted by Crippen LogP contribution is -1.79. The first-order chi connectivity index (χ1) is 10.1. The maximum atomic E-state index is 3.89. The van der Waals surface area contributed by atoms with Gasteiger partial charge in [-0.2, -0.15) is 0 Å². The molecule has 0 radical (unpaired) electrons. The quantitative estimate of drug-likeness (QED) is 0.481. The van der Waals surface area contributed by atoms with Gasteiger partial charge in [0.1, 0.15) is 0 Å². The lowest BCUT2D eigenvalue weighted by atomic mass is 10.1. The van der Waals surface area contributed by atoms with Crippen LogP contribution < -0.4 is 0 Å². The number of rotatable bonds is 6. The molecule has 0 unspecified atom stereocenters. The molecule has 21 heavy (non-hydrogen) atoms. The standard InChI is InChI=1S/C18H24S.C2H6/c1-6-9-10-15(7-2)13-16(8-3)18-12-11-17(19-18)14(4)5;1-2/h7-14H,2,6H2,1,3-5H3;1-2H3/b10-9+,15-13+,16-8+;. The van der Waals surface area contributed by atoms with Gasteiger partial charge in [0.2, 0.25) is 0 Å². The minimum absolute atomic E-state index is 0.597. The smallest absolute Gasteiger partial charge is 0.0342 e. The summed E-state index contributed by atoms with van der Waals surface area (Å²) in [7, 11) is 0. The second-order valence-corrected chi connectivity index (χ2v) is 5.88. The van der Waals surface area contributed by atoms with E-state index in [1.807, 2.05) is 31.3 Å². The van der Waals surface area contributed by atoms with Gasteiger partial charge in [0, 0.05) is 9.75 Å². The Morgan fingerprint density at radius 3 is 2.38 bits per heavy atom. The SMILES string of the molecule is C=CC(/C=C/CC)=C\C(=C/C)c1ccc(C(C)C)s1.CC. The van der Waals surface area contributed by atoms with Crippen molar-refractivity contribution in [2.45, 2.75) is 53.9 Å². The Morgan fingerprint density at radius 2 is 1.95 bits per heavy atom. The summed E-state index contributed by atoms with van der Waals surface area (Å²) in [5.41, 5.74) is 2.43. The molecule has 0 N–H and O–H groups in total. The molecule has 0 aromatic carbocycles. The summed E-state index contributed by atoms with van der Waals surface area (Å²) in [4.78, 5) is 2.77. The second-order valence-electron chi connectivity index (χ2n) is 4.76. The summed E-state index contributed by atoms with van der Waals surface area (Å²) in [6.45, 7) is 16.6. The van der Waals surface area contributed by atoms with Crippen molar-refractivity contribution in [3.63, 3.8) is 0 Å². The monoisotopic (exact) mass is 302 g/mol. The molecule has 0 atom stereocenters. The minimum atomic E-state index is 0.597. The molecule has 1 rings (SSSR count). The van der Waals surface area contributed by atoms with Gasteiger partial charge in [-0.15, -0.1) is 11.3 Å². The van der Waals surface area contributed by atoms with E-state index in [1.165, 1.54) is 15.3 Å². The van der Waals surface area contributed by atoms with Gasteiger partial charge < -0.3 is 0 Å². The zero-order chi connectivity index (χ0) is 16.3. The molecular formula is C20H30S. The van der Waals surface area contributed by atoms with E-state index in [9.17, 15) is 0 Å². The molecule has 0 spiro atoms. The predicted octanol–water partition coefficient (Wildman–Crippen LogP) is 7.38. The van der Waals surface area contributed by atoms with E-state index >= 15 is 0 Å². The van der Waals surface area contributed by atoms with Crippen LogP contribution in [-0.2, 0) is 0 Å². The topological polar surface area (TPSA) is 0 Å². The zero-order valence-electron chi connectivity index (χ0n) is 14.4. The summed E-state index contributed by atoms with van der Waals surface area (Å²) in [6, 6.07) is 4.45. The van der Waals surface area contributed by atoms with Crippen molar-refractivity contribution >= 4 is 16.9 Å². The van der Waals surface area contributed by atoms with Gasteiger partial charge >= 0.3 is 0 Å². The van der Waals surface area contributed by atoms with Gasteiger partial charge in [-0.1, -0.05) is 65.5 Å². The average Bonchev–Trinajstić information content (AvgIpc) is 3.00. The highest BCUT2D eigenvalue weighted by Gasteiger charge is 2.06. The molecule has 116 valence electrons. The van der Waals surface area contributed by atoms with Gasteiger partial charge in [-0.3, -0.25) is 0 Å². The Kier molecular flexibility index (Phi) is 10.6. The van der Waals surface area contributed by atoms with Crippen LogP contribution in [0.4, 0.5) is 0 Å².